The Hall–Kier alpha value is -2.83. The Morgan fingerprint density at radius 1 is 1.23 bits per heavy atom. The second-order valence-electron chi connectivity index (χ2n) is 6.33. The first kappa shape index (κ1) is 18.0. The van der Waals surface area contributed by atoms with Gasteiger partial charge in [-0.1, -0.05) is 30.3 Å². The number of rotatable bonds is 6. The lowest BCUT2D eigenvalue weighted by atomic mass is 10.2. The Kier molecular flexibility index (Phi) is 5.25. The van der Waals surface area contributed by atoms with Crippen LogP contribution in [0, 0.1) is 0 Å². The number of esters is 1. The minimum absolute atomic E-state index is 0.0540. The van der Waals surface area contributed by atoms with Gasteiger partial charge in [0.1, 0.15) is 6.61 Å². The van der Waals surface area contributed by atoms with E-state index in [2.05, 4.69) is 4.98 Å². The molecule has 7 heteroatoms. The molecule has 0 saturated heterocycles. The van der Waals surface area contributed by atoms with Crippen LogP contribution in [-0.2, 0) is 17.9 Å². The van der Waals surface area contributed by atoms with E-state index in [0.29, 0.717) is 19.0 Å². The Bertz CT molecular complexity index is 846. The molecule has 3 rings (SSSR count). The summed E-state index contributed by atoms with van der Waals surface area (Å²) in [5.74, 6) is -0.214. The summed E-state index contributed by atoms with van der Waals surface area (Å²) in [5, 5.41) is 0. The van der Waals surface area contributed by atoms with Gasteiger partial charge in [-0.15, -0.1) is 0 Å². The average Bonchev–Trinajstić information content (AvgIpc) is 3.06. The second kappa shape index (κ2) is 7.59. The second-order valence-corrected chi connectivity index (χ2v) is 6.33. The van der Waals surface area contributed by atoms with Crippen molar-refractivity contribution in [3.05, 3.63) is 51.9 Å². The third-order valence-corrected chi connectivity index (χ3v) is 4.25. The summed E-state index contributed by atoms with van der Waals surface area (Å²) >= 11 is 0. The fourth-order valence-corrected chi connectivity index (χ4v) is 2.94. The molecule has 2 aromatic rings. The lowest BCUT2D eigenvalue weighted by Gasteiger charge is -2.22. The van der Waals surface area contributed by atoms with Crippen LogP contribution in [0.25, 0.3) is 0 Å². The number of hydrogen-bond donors (Lipinski definition) is 0. The van der Waals surface area contributed by atoms with Gasteiger partial charge in [0.2, 0.25) is 11.7 Å². The van der Waals surface area contributed by atoms with Crippen LogP contribution in [-0.4, -0.2) is 34.7 Å². The highest BCUT2D eigenvalue weighted by molar-refractivity contribution is 5.90. The third-order valence-electron chi connectivity index (χ3n) is 4.25. The highest BCUT2D eigenvalue weighted by Crippen LogP contribution is 2.24. The van der Waals surface area contributed by atoms with Gasteiger partial charge >= 0.3 is 5.97 Å². The van der Waals surface area contributed by atoms with Crippen LogP contribution in [0.2, 0.25) is 0 Å². The molecule has 0 unspecified atom stereocenters. The molecule has 0 aliphatic carbocycles. The minimum atomic E-state index is -0.647. The van der Waals surface area contributed by atoms with Crippen molar-refractivity contribution >= 4 is 11.9 Å². The van der Waals surface area contributed by atoms with Crippen molar-refractivity contribution in [3.63, 3.8) is 0 Å². The van der Waals surface area contributed by atoms with Crippen LogP contribution in [0.15, 0.2) is 35.1 Å². The van der Waals surface area contributed by atoms with Crippen LogP contribution in [0.1, 0.15) is 36.8 Å². The number of aromatic nitrogens is 2. The molecule has 2 heterocycles. The van der Waals surface area contributed by atoms with E-state index in [1.165, 1.54) is 0 Å². The lowest BCUT2D eigenvalue weighted by Crippen LogP contribution is -2.31. The predicted molar refractivity (Wildman–Crippen MR) is 97.7 cm³/mol. The molecule has 0 saturated carbocycles. The van der Waals surface area contributed by atoms with E-state index in [1.54, 1.807) is 11.5 Å². The maximum absolute atomic E-state index is 12.9. The summed E-state index contributed by atoms with van der Waals surface area (Å²) in [6, 6.07) is 9.63. The first-order chi connectivity index (χ1) is 12.5. The predicted octanol–water partition coefficient (Wildman–Crippen LogP) is 2.23. The zero-order chi connectivity index (χ0) is 18.7. The van der Waals surface area contributed by atoms with Crippen LogP contribution < -0.4 is 15.2 Å². The van der Waals surface area contributed by atoms with Crippen molar-refractivity contribution in [2.75, 3.05) is 18.1 Å². The van der Waals surface area contributed by atoms with E-state index in [1.807, 2.05) is 49.1 Å². The average molecular weight is 357 g/mol. The van der Waals surface area contributed by atoms with Gasteiger partial charge < -0.3 is 14.4 Å². The van der Waals surface area contributed by atoms with Gasteiger partial charge in [-0.3, -0.25) is 9.36 Å². The number of ether oxygens (including phenoxy) is 2. The normalized spacial score (nSPS) is 13.0. The zero-order valence-electron chi connectivity index (χ0n) is 15.3. The summed E-state index contributed by atoms with van der Waals surface area (Å²) in [6.45, 7) is 7.32. The maximum Gasteiger partial charge on any atom is 0.361 e. The van der Waals surface area contributed by atoms with Crippen molar-refractivity contribution in [1.29, 1.82) is 0 Å². The molecular weight excluding hydrogens is 334 g/mol. The third kappa shape index (κ3) is 3.42. The Labute approximate surface area is 152 Å². The summed E-state index contributed by atoms with van der Waals surface area (Å²) in [4.78, 5) is 31.7. The largest absolute Gasteiger partial charge is 0.481 e. The fraction of sp³-hybridized carbons (Fsp3) is 0.421. The molecule has 0 bridgehead atoms. The van der Waals surface area contributed by atoms with Gasteiger partial charge in [-0.2, -0.15) is 0 Å². The molecule has 0 amide bonds. The van der Waals surface area contributed by atoms with E-state index in [9.17, 15) is 9.59 Å². The van der Waals surface area contributed by atoms with E-state index >= 15 is 0 Å². The number of carbonyl (C=O) groups is 1. The molecule has 0 spiro atoms. The van der Waals surface area contributed by atoms with Crippen LogP contribution in [0.5, 0.6) is 5.75 Å². The molecular formula is C19H23N3O4. The maximum atomic E-state index is 12.9. The summed E-state index contributed by atoms with van der Waals surface area (Å²) < 4.78 is 12.4. The molecule has 0 atom stereocenters. The highest BCUT2D eigenvalue weighted by Gasteiger charge is 2.30. The number of anilines is 1. The highest BCUT2D eigenvalue weighted by atomic mass is 16.5. The number of nitrogens with zero attached hydrogens (tertiary/aromatic N) is 3. The number of benzene rings is 1. The Morgan fingerprint density at radius 3 is 2.62 bits per heavy atom. The van der Waals surface area contributed by atoms with Crippen LogP contribution >= 0.6 is 0 Å². The first-order valence-electron chi connectivity index (χ1n) is 8.78. The molecule has 0 N–H and O–H groups in total. The molecule has 0 fully saturated rings. The molecule has 7 nitrogen and oxygen atoms in total. The standard InChI is InChI=1S/C19H23N3O4/c1-4-25-18(24)15-16(26-12-14-8-6-5-7-9-14)17(23)22-11-10-21(13(2)3)19(22)20-15/h5-9,13H,4,10-12H2,1-3H3. The Balaban J connectivity index is 2.01. The minimum Gasteiger partial charge on any atom is -0.481 e. The van der Waals surface area contributed by atoms with Crippen LogP contribution in [0.4, 0.5) is 5.95 Å². The molecule has 1 aromatic heterocycles. The summed E-state index contributed by atoms with van der Waals surface area (Å²) in [5.41, 5.74) is 0.486. The number of fused-ring (bicyclic) bond motifs is 1. The fourth-order valence-electron chi connectivity index (χ4n) is 2.94. The van der Waals surface area contributed by atoms with Gasteiger partial charge in [0.05, 0.1) is 6.61 Å². The van der Waals surface area contributed by atoms with Gasteiger partial charge in [0.25, 0.3) is 5.56 Å². The van der Waals surface area contributed by atoms with Crippen LogP contribution in [0.3, 0.4) is 0 Å². The van der Waals surface area contributed by atoms with Gasteiger partial charge in [-0.05, 0) is 26.3 Å². The van der Waals surface area contributed by atoms with Crippen molar-refractivity contribution in [2.45, 2.75) is 40.0 Å². The van der Waals surface area contributed by atoms with Crippen molar-refractivity contribution in [3.8, 4) is 5.75 Å². The van der Waals surface area contributed by atoms with E-state index in [-0.39, 0.29) is 36.3 Å². The molecule has 1 aromatic carbocycles. The van der Waals surface area contributed by atoms with E-state index in [0.717, 1.165) is 5.56 Å². The quantitative estimate of drug-likeness (QED) is 0.738. The lowest BCUT2D eigenvalue weighted by molar-refractivity contribution is 0.0513. The molecule has 138 valence electrons. The molecule has 26 heavy (non-hydrogen) atoms. The van der Waals surface area contributed by atoms with Crippen molar-refractivity contribution in [1.82, 2.24) is 9.55 Å². The first-order valence-corrected chi connectivity index (χ1v) is 8.78. The van der Waals surface area contributed by atoms with Crippen molar-refractivity contribution < 1.29 is 14.3 Å². The molecule has 1 aliphatic heterocycles. The SMILES string of the molecule is CCOC(=O)c1nc2n(c(=O)c1OCc1ccccc1)CCN2C(C)C. The topological polar surface area (TPSA) is 73.7 Å². The summed E-state index contributed by atoms with van der Waals surface area (Å²) in [6.07, 6.45) is 0. The van der Waals surface area contributed by atoms with Gasteiger partial charge in [-0.25, -0.2) is 9.78 Å². The van der Waals surface area contributed by atoms with Gasteiger partial charge in [0.15, 0.2) is 5.69 Å². The molecule has 1 aliphatic rings. The molecule has 0 radical (unpaired) electrons. The van der Waals surface area contributed by atoms with E-state index < -0.39 is 5.97 Å². The number of hydrogen-bond acceptors (Lipinski definition) is 6. The van der Waals surface area contributed by atoms with Crippen molar-refractivity contribution in [2.24, 2.45) is 0 Å². The number of carbonyl (C=O) groups excluding carboxylic acids is 1. The van der Waals surface area contributed by atoms with Gasteiger partial charge in [0, 0.05) is 19.1 Å². The zero-order valence-corrected chi connectivity index (χ0v) is 15.3. The smallest absolute Gasteiger partial charge is 0.361 e. The monoisotopic (exact) mass is 357 g/mol. The summed E-state index contributed by atoms with van der Waals surface area (Å²) in [7, 11) is 0. The Morgan fingerprint density at radius 2 is 1.96 bits per heavy atom. The van der Waals surface area contributed by atoms with E-state index in [4.69, 9.17) is 9.47 Å².